The number of nitriles is 1. The van der Waals surface area contributed by atoms with Crippen molar-refractivity contribution >= 4 is 23.6 Å². The van der Waals surface area contributed by atoms with Gasteiger partial charge >= 0.3 is 0 Å². The Hall–Kier alpha value is -1.86. The fourth-order valence-corrected chi connectivity index (χ4v) is 1.50. The van der Waals surface area contributed by atoms with Crippen LogP contribution in [0.15, 0.2) is 23.8 Å². The zero-order chi connectivity index (χ0) is 13.7. The van der Waals surface area contributed by atoms with Gasteiger partial charge in [0.05, 0.1) is 5.02 Å². The highest BCUT2D eigenvalue weighted by atomic mass is 35.5. The van der Waals surface area contributed by atoms with Crippen molar-refractivity contribution in [2.45, 2.75) is 19.9 Å². The molecule has 3 nitrogen and oxygen atoms in total. The largest absolute Gasteiger partial charge is 0.349 e. The summed E-state index contributed by atoms with van der Waals surface area (Å²) in [5.41, 5.74) is -0.148. The molecule has 0 unspecified atom stereocenters. The molecule has 0 fully saturated rings. The molecule has 1 aromatic rings. The lowest BCUT2D eigenvalue weighted by atomic mass is 10.1. The van der Waals surface area contributed by atoms with Crippen LogP contribution in [0.1, 0.15) is 19.4 Å². The molecular weight excluding hydrogens is 255 g/mol. The number of carbonyl (C=O) groups is 1. The van der Waals surface area contributed by atoms with Crippen LogP contribution in [-0.2, 0) is 4.79 Å². The molecule has 94 valence electrons. The number of carbonyl (C=O) groups excluding carboxylic acids is 1. The summed E-state index contributed by atoms with van der Waals surface area (Å²) in [6, 6.07) is 5.79. The van der Waals surface area contributed by atoms with Crippen LogP contribution >= 0.6 is 11.6 Å². The van der Waals surface area contributed by atoms with Gasteiger partial charge in [-0.1, -0.05) is 17.7 Å². The summed E-state index contributed by atoms with van der Waals surface area (Å²) in [6.07, 6.45) is 1.15. The summed E-state index contributed by atoms with van der Waals surface area (Å²) in [6.45, 7) is 3.53. The molecule has 1 N–H and O–H groups in total. The molecule has 0 aliphatic carbocycles. The zero-order valence-corrected chi connectivity index (χ0v) is 10.8. The molecule has 0 bridgehead atoms. The van der Waals surface area contributed by atoms with Crippen molar-refractivity contribution in [1.29, 1.82) is 5.26 Å². The Morgan fingerprint density at radius 1 is 1.56 bits per heavy atom. The van der Waals surface area contributed by atoms with E-state index in [0.29, 0.717) is 0 Å². The molecule has 0 aliphatic heterocycles. The number of hydrogen-bond donors (Lipinski definition) is 1. The average molecular weight is 267 g/mol. The van der Waals surface area contributed by atoms with Gasteiger partial charge in [0.25, 0.3) is 5.91 Å². The molecule has 0 aromatic heterocycles. The summed E-state index contributed by atoms with van der Waals surface area (Å²) < 4.78 is 13.5. The van der Waals surface area contributed by atoms with Crippen LogP contribution in [0, 0.1) is 17.1 Å². The van der Waals surface area contributed by atoms with Gasteiger partial charge in [-0.25, -0.2) is 4.39 Å². The van der Waals surface area contributed by atoms with Crippen LogP contribution in [-0.4, -0.2) is 11.9 Å². The number of benzene rings is 1. The first-order valence-electron chi connectivity index (χ1n) is 5.32. The van der Waals surface area contributed by atoms with Crippen molar-refractivity contribution in [3.05, 3.63) is 40.2 Å². The number of halogens is 2. The van der Waals surface area contributed by atoms with Gasteiger partial charge in [0.15, 0.2) is 0 Å². The molecule has 18 heavy (non-hydrogen) atoms. The number of nitrogens with zero attached hydrogens (tertiary/aromatic N) is 1. The SMILES string of the molecule is CC(C)NC(=O)/C(C#N)=C\c1c(F)cccc1Cl. The van der Waals surface area contributed by atoms with Gasteiger partial charge in [0, 0.05) is 11.6 Å². The van der Waals surface area contributed by atoms with Crippen LogP contribution in [0.25, 0.3) is 6.08 Å². The smallest absolute Gasteiger partial charge is 0.262 e. The van der Waals surface area contributed by atoms with E-state index in [4.69, 9.17) is 16.9 Å². The van der Waals surface area contributed by atoms with Crippen molar-refractivity contribution in [3.63, 3.8) is 0 Å². The fourth-order valence-electron chi connectivity index (χ4n) is 1.28. The Morgan fingerprint density at radius 3 is 2.72 bits per heavy atom. The molecule has 0 radical (unpaired) electrons. The van der Waals surface area contributed by atoms with E-state index in [0.717, 1.165) is 6.08 Å². The molecule has 0 heterocycles. The first kappa shape index (κ1) is 14.2. The second kappa shape index (κ2) is 6.18. The van der Waals surface area contributed by atoms with E-state index in [-0.39, 0.29) is 22.2 Å². The Morgan fingerprint density at radius 2 is 2.22 bits per heavy atom. The highest BCUT2D eigenvalue weighted by Crippen LogP contribution is 2.21. The third-order valence-corrected chi connectivity index (χ3v) is 2.40. The van der Waals surface area contributed by atoms with Crippen LogP contribution in [0.2, 0.25) is 5.02 Å². The van der Waals surface area contributed by atoms with Crippen LogP contribution in [0.3, 0.4) is 0 Å². The van der Waals surface area contributed by atoms with Crippen LogP contribution < -0.4 is 5.32 Å². The summed E-state index contributed by atoms with van der Waals surface area (Å²) >= 11 is 5.82. The van der Waals surface area contributed by atoms with Crippen molar-refractivity contribution in [3.8, 4) is 6.07 Å². The van der Waals surface area contributed by atoms with Crippen LogP contribution in [0.5, 0.6) is 0 Å². The van der Waals surface area contributed by atoms with Gasteiger partial charge in [-0.05, 0) is 32.1 Å². The van der Waals surface area contributed by atoms with Crippen LogP contribution in [0.4, 0.5) is 4.39 Å². The highest BCUT2D eigenvalue weighted by molar-refractivity contribution is 6.32. The predicted molar refractivity (Wildman–Crippen MR) is 68.3 cm³/mol. The minimum atomic E-state index is -0.576. The maximum Gasteiger partial charge on any atom is 0.262 e. The highest BCUT2D eigenvalue weighted by Gasteiger charge is 2.12. The third kappa shape index (κ3) is 3.57. The first-order valence-corrected chi connectivity index (χ1v) is 5.70. The molecule has 1 amide bonds. The van der Waals surface area contributed by atoms with Gasteiger partial charge in [-0.15, -0.1) is 0 Å². The molecular formula is C13H12ClFN2O. The minimum Gasteiger partial charge on any atom is -0.349 e. The van der Waals surface area contributed by atoms with E-state index in [2.05, 4.69) is 5.32 Å². The number of rotatable bonds is 3. The predicted octanol–water partition coefficient (Wildman–Crippen LogP) is 2.91. The lowest BCUT2D eigenvalue weighted by molar-refractivity contribution is -0.117. The van der Waals surface area contributed by atoms with E-state index >= 15 is 0 Å². The molecule has 1 aromatic carbocycles. The second-order valence-electron chi connectivity index (χ2n) is 3.93. The Kier molecular flexibility index (Phi) is 4.87. The third-order valence-electron chi connectivity index (χ3n) is 2.07. The number of hydrogen-bond acceptors (Lipinski definition) is 2. The first-order chi connectivity index (χ1) is 8.45. The standard InChI is InChI=1S/C13H12ClFN2O/c1-8(2)17-13(18)9(7-16)6-10-11(14)4-3-5-12(10)15/h3-6,8H,1-2H3,(H,17,18)/b9-6-. The summed E-state index contributed by atoms with van der Waals surface area (Å²) in [7, 11) is 0. The summed E-state index contributed by atoms with van der Waals surface area (Å²) in [5, 5.41) is 11.6. The quantitative estimate of drug-likeness (QED) is 0.676. The average Bonchev–Trinajstić information content (AvgIpc) is 2.27. The molecule has 0 aliphatic rings. The van der Waals surface area contributed by atoms with E-state index in [1.165, 1.54) is 18.2 Å². The van der Waals surface area contributed by atoms with E-state index < -0.39 is 11.7 Å². The molecule has 1 rings (SSSR count). The topological polar surface area (TPSA) is 52.9 Å². The zero-order valence-electron chi connectivity index (χ0n) is 10.00. The number of amides is 1. The van der Waals surface area contributed by atoms with Crippen molar-refractivity contribution in [2.75, 3.05) is 0 Å². The van der Waals surface area contributed by atoms with Gasteiger partial charge in [-0.3, -0.25) is 4.79 Å². The number of nitrogens with one attached hydrogen (secondary N) is 1. The minimum absolute atomic E-state index is 0.0367. The van der Waals surface area contributed by atoms with Gasteiger partial charge in [0.2, 0.25) is 0 Å². The van der Waals surface area contributed by atoms with Crippen molar-refractivity contribution in [1.82, 2.24) is 5.32 Å². The summed E-state index contributed by atoms with van der Waals surface area (Å²) in [4.78, 5) is 11.6. The van der Waals surface area contributed by atoms with Gasteiger partial charge in [0.1, 0.15) is 17.5 Å². The molecule has 0 saturated heterocycles. The molecule has 0 spiro atoms. The van der Waals surface area contributed by atoms with E-state index in [9.17, 15) is 9.18 Å². The fraction of sp³-hybridized carbons (Fsp3) is 0.231. The van der Waals surface area contributed by atoms with Gasteiger partial charge < -0.3 is 5.32 Å². The maximum atomic E-state index is 13.5. The van der Waals surface area contributed by atoms with Gasteiger partial charge in [-0.2, -0.15) is 5.26 Å². The maximum absolute atomic E-state index is 13.5. The van der Waals surface area contributed by atoms with Crippen molar-refractivity contribution < 1.29 is 9.18 Å². The van der Waals surface area contributed by atoms with E-state index in [1.807, 2.05) is 0 Å². The molecule has 5 heteroatoms. The molecule has 0 saturated carbocycles. The monoisotopic (exact) mass is 266 g/mol. The second-order valence-corrected chi connectivity index (χ2v) is 4.34. The summed E-state index contributed by atoms with van der Waals surface area (Å²) in [5.74, 6) is -1.13. The Labute approximate surface area is 110 Å². The van der Waals surface area contributed by atoms with Crippen molar-refractivity contribution in [2.24, 2.45) is 0 Å². The normalized spacial score (nSPS) is 11.2. The lowest BCUT2D eigenvalue weighted by Gasteiger charge is -2.07. The van der Waals surface area contributed by atoms with E-state index in [1.54, 1.807) is 19.9 Å². The Balaban J connectivity index is 3.13. The Bertz CT molecular complexity index is 512. The lowest BCUT2D eigenvalue weighted by Crippen LogP contribution is -2.30. The molecule has 0 atom stereocenters.